The van der Waals surface area contributed by atoms with Crippen molar-refractivity contribution in [3.8, 4) is 17.0 Å². The number of aryl methyl sites for hydroxylation is 1. The first kappa shape index (κ1) is 13.4. The van der Waals surface area contributed by atoms with E-state index in [4.69, 9.17) is 0 Å². The second-order valence-corrected chi connectivity index (χ2v) is 4.32. The zero-order chi connectivity index (χ0) is 12.5. The van der Waals surface area contributed by atoms with Gasteiger partial charge in [0.05, 0.1) is 5.52 Å². The number of benzene rings is 2. The van der Waals surface area contributed by atoms with Gasteiger partial charge in [-0.3, -0.25) is 0 Å². The molecule has 3 heteroatoms. The number of hydrogen-bond acceptors (Lipinski definition) is 2. The van der Waals surface area contributed by atoms with Gasteiger partial charge in [-0.2, -0.15) is 0 Å². The summed E-state index contributed by atoms with van der Waals surface area (Å²) in [4.78, 5) is 4.56. The van der Waals surface area contributed by atoms with Crippen molar-refractivity contribution in [2.24, 2.45) is 0 Å². The number of aromatic nitrogens is 1. The topological polar surface area (TPSA) is 33.1 Å². The van der Waals surface area contributed by atoms with Gasteiger partial charge in [-0.05, 0) is 13.0 Å². The molecule has 0 bridgehead atoms. The van der Waals surface area contributed by atoms with Gasteiger partial charge in [-0.25, -0.2) is 4.98 Å². The van der Waals surface area contributed by atoms with Gasteiger partial charge < -0.3 is 5.11 Å². The van der Waals surface area contributed by atoms with Crippen LogP contribution in [0.2, 0.25) is 0 Å². The molecule has 0 saturated heterocycles. The van der Waals surface area contributed by atoms with E-state index in [1.165, 1.54) is 0 Å². The Morgan fingerprint density at radius 2 is 1.53 bits per heavy atom. The van der Waals surface area contributed by atoms with Crippen LogP contribution in [0.4, 0.5) is 0 Å². The Hall–Kier alpha value is -2.06. The fraction of sp³-hybridized carbons (Fsp3) is 0.0625. The summed E-state index contributed by atoms with van der Waals surface area (Å²) in [6.07, 6.45) is 0. The molecule has 96 valence electrons. The highest BCUT2D eigenvalue weighted by molar-refractivity contribution is 5.88. The molecule has 0 unspecified atom stereocenters. The Morgan fingerprint density at radius 1 is 0.895 bits per heavy atom. The molecule has 0 fully saturated rings. The number of nitrogens with zero attached hydrogens (tertiary/aromatic N) is 1. The molecule has 3 rings (SSSR count). The van der Waals surface area contributed by atoms with Crippen LogP contribution in [-0.2, 0) is 0 Å². The lowest BCUT2D eigenvalue weighted by Crippen LogP contribution is -1.90. The number of hydrogen-bond donors (Lipinski definition) is 1. The quantitative estimate of drug-likeness (QED) is 0.714. The summed E-state index contributed by atoms with van der Waals surface area (Å²) >= 11 is 0. The number of rotatable bonds is 1. The molecule has 0 amide bonds. The monoisotopic (exact) mass is 271 g/mol. The first-order valence-corrected chi connectivity index (χ1v) is 5.91. The van der Waals surface area contributed by atoms with Crippen LogP contribution in [0.25, 0.3) is 22.2 Å². The summed E-state index contributed by atoms with van der Waals surface area (Å²) in [5.41, 5.74) is 3.36. The molecule has 0 saturated carbocycles. The Bertz CT molecular complexity index is 711. The molecule has 0 radical (unpaired) electrons. The van der Waals surface area contributed by atoms with Crippen LogP contribution in [0.1, 0.15) is 5.56 Å². The molecule has 0 aliphatic carbocycles. The van der Waals surface area contributed by atoms with Crippen molar-refractivity contribution in [3.05, 3.63) is 60.2 Å². The number of fused-ring (bicyclic) bond motifs is 1. The first-order chi connectivity index (χ1) is 8.77. The van der Waals surface area contributed by atoms with Gasteiger partial charge in [0.15, 0.2) is 0 Å². The predicted molar refractivity (Wildman–Crippen MR) is 80.8 cm³/mol. The fourth-order valence-electron chi connectivity index (χ4n) is 2.16. The van der Waals surface area contributed by atoms with E-state index < -0.39 is 0 Å². The van der Waals surface area contributed by atoms with E-state index in [0.717, 1.165) is 22.0 Å². The van der Waals surface area contributed by atoms with E-state index in [-0.39, 0.29) is 18.2 Å². The number of halogens is 1. The van der Waals surface area contributed by atoms with Crippen LogP contribution >= 0.6 is 12.4 Å². The van der Waals surface area contributed by atoms with E-state index in [2.05, 4.69) is 4.98 Å². The molecular weight excluding hydrogens is 258 g/mol. The minimum absolute atomic E-state index is 0. The highest BCUT2D eigenvalue weighted by Crippen LogP contribution is 2.34. The van der Waals surface area contributed by atoms with E-state index in [0.29, 0.717) is 5.69 Å². The maximum Gasteiger partial charge on any atom is 0.145 e. The second kappa shape index (κ2) is 5.29. The van der Waals surface area contributed by atoms with Gasteiger partial charge in [0, 0.05) is 16.5 Å². The van der Waals surface area contributed by atoms with Gasteiger partial charge >= 0.3 is 0 Å². The molecule has 19 heavy (non-hydrogen) atoms. The summed E-state index contributed by atoms with van der Waals surface area (Å²) in [6, 6.07) is 17.6. The smallest absolute Gasteiger partial charge is 0.145 e. The Morgan fingerprint density at radius 3 is 2.26 bits per heavy atom. The van der Waals surface area contributed by atoms with Crippen LogP contribution in [0.3, 0.4) is 0 Å². The first-order valence-electron chi connectivity index (χ1n) is 5.91. The van der Waals surface area contributed by atoms with E-state index in [9.17, 15) is 5.11 Å². The van der Waals surface area contributed by atoms with Crippen LogP contribution in [0.5, 0.6) is 5.75 Å². The second-order valence-electron chi connectivity index (χ2n) is 4.32. The highest BCUT2D eigenvalue weighted by Gasteiger charge is 2.11. The standard InChI is InChI=1S/C16H13NO.ClH/c1-11-13-9-5-6-10-14(13)17-15(16(11)18)12-7-3-2-4-8-12;/h2-10,18H,1H3;1H. The maximum absolute atomic E-state index is 10.3. The largest absolute Gasteiger partial charge is 0.505 e. The predicted octanol–water partition coefficient (Wildman–Crippen LogP) is 4.34. The van der Waals surface area contributed by atoms with E-state index >= 15 is 0 Å². The molecule has 0 aliphatic heterocycles. The Kier molecular flexibility index (Phi) is 3.72. The molecule has 2 nitrogen and oxygen atoms in total. The zero-order valence-electron chi connectivity index (χ0n) is 10.5. The number of para-hydroxylation sites is 1. The maximum atomic E-state index is 10.3. The van der Waals surface area contributed by atoms with E-state index in [1.807, 2.05) is 61.5 Å². The lowest BCUT2D eigenvalue weighted by atomic mass is 10.0. The molecular formula is C16H14ClNO. The van der Waals surface area contributed by atoms with Crippen molar-refractivity contribution in [2.45, 2.75) is 6.92 Å². The Labute approximate surface area is 118 Å². The van der Waals surface area contributed by atoms with Crippen molar-refractivity contribution in [2.75, 3.05) is 0 Å². The van der Waals surface area contributed by atoms with Gasteiger partial charge in [0.25, 0.3) is 0 Å². The molecule has 1 heterocycles. The summed E-state index contributed by atoms with van der Waals surface area (Å²) in [5.74, 6) is 0.264. The fourth-order valence-corrected chi connectivity index (χ4v) is 2.16. The third-order valence-corrected chi connectivity index (χ3v) is 3.17. The highest BCUT2D eigenvalue weighted by atomic mass is 35.5. The summed E-state index contributed by atoms with van der Waals surface area (Å²) in [6.45, 7) is 1.92. The molecule has 1 aromatic heterocycles. The van der Waals surface area contributed by atoms with Gasteiger partial charge in [0.1, 0.15) is 11.4 Å². The SMILES string of the molecule is Cc1c(O)c(-c2ccccc2)nc2ccccc12.Cl. The average Bonchev–Trinajstić information content (AvgIpc) is 2.44. The van der Waals surface area contributed by atoms with Crippen molar-refractivity contribution >= 4 is 23.3 Å². The lowest BCUT2D eigenvalue weighted by molar-refractivity contribution is 0.472. The van der Waals surface area contributed by atoms with Gasteiger partial charge in [0.2, 0.25) is 0 Å². The third-order valence-electron chi connectivity index (χ3n) is 3.17. The third kappa shape index (κ3) is 2.27. The van der Waals surface area contributed by atoms with Crippen molar-refractivity contribution in [3.63, 3.8) is 0 Å². The molecule has 0 aliphatic rings. The molecule has 0 atom stereocenters. The van der Waals surface area contributed by atoms with E-state index in [1.54, 1.807) is 0 Å². The van der Waals surface area contributed by atoms with Crippen molar-refractivity contribution in [1.29, 1.82) is 0 Å². The molecule has 1 N–H and O–H groups in total. The van der Waals surface area contributed by atoms with Crippen molar-refractivity contribution < 1.29 is 5.11 Å². The van der Waals surface area contributed by atoms with Crippen LogP contribution in [-0.4, -0.2) is 10.1 Å². The Balaban J connectivity index is 0.00000133. The number of pyridine rings is 1. The van der Waals surface area contributed by atoms with Crippen LogP contribution in [0.15, 0.2) is 54.6 Å². The van der Waals surface area contributed by atoms with Crippen LogP contribution < -0.4 is 0 Å². The van der Waals surface area contributed by atoms with Gasteiger partial charge in [-0.1, -0.05) is 48.5 Å². The van der Waals surface area contributed by atoms with Crippen LogP contribution in [0, 0.1) is 6.92 Å². The molecule has 2 aromatic carbocycles. The molecule has 3 aromatic rings. The minimum atomic E-state index is 0. The lowest BCUT2D eigenvalue weighted by Gasteiger charge is -2.10. The summed E-state index contributed by atoms with van der Waals surface area (Å²) < 4.78 is 0. The van der Waals surface area contributed by atoms with Crippen molar-refractivity contribution in [1.82, 2.24) is 4.98 Å². The summed E-state index contributed by atoms with van der Waals surface area (Å²) in [5, 5.41) is 11.3. The normalized spacial score (nSPS) is 10.2. The summed E-state index contributed by atoms with van der Waals surface area (Å²) in [7, 11) is 0. The zero-order valence-corrected chi connectivity index (χ0v) is 11.3. The number of aromatic hydroxyl groups is 1. The average molecular weight is 272 g/mol. The minimum Gasteiger partial charge on any atom is -0.505 e. The molecule has 0 spiro atoms. The van der Waals surface area contributed by atoms with Gasteiger partial charge in [-0.15, -0.1) is 12.4 Å².